The fourth-order valence-corrected chi connectivity index (χ4v) is 3.45. The van der Waals surface area contributed by atoms with Gasteiger partial charge in [-0.15, -0.1) is 0 Å². The monoisotopic (exact) mass is 386 g/mol. The summed E-state index contributed by atoms with van der Waals surface area (Å²) in [6.45, 7) is 0.565. The summed E-state index contributed by atoms with van der Waals surface area (Å²) in [5, 5.41) is 3.78. The molecule has 6 nitrogen and oxygen atoms in total. The van der Waals surface area contributed by atoms with Gasteiger partial charge in [-0.25, -0.2) is 0 Å². The fraction of sp³-hybridized carbons (Fsp3) is 0.130. The lowest BCUT2D eigenvalue weighted by molar-refractivity contribution is -0.120. The van der Waals surface area contributed by atoms with E-state index in [1.54, 1.807) is 6.20 Å². The van der Waals surface area contributed by atoms with Crippen LogP contribution in [0.2, 0.25) is 0 Å². The summed E-state index contributed by atoms with van der Waals surface area (Å²) in [6.07, 6.45) is 1.89. The van der Waals surface area contributed by atoms with Crippen LogP contribution in [0.1, 0.15) is 11.3 Å². The molecule has 0 aliphatic carbocycles. The third-order valence-electron chi connectivity index (χ3n) is 4.85. The Morgan fingerprint density at radius 2 is 1.79 bits per heavy atom. The number of nitrogens with zero attached hydrogens (tertiary/aromatic N) is 1. The molecule has 0 fully saturated rings. The quantitative estimate of drug-likeness (QED) is 0.559. The number of aromatic nitrogens is 1. The maximum Gasteiger partial charge on any atom is 0.231 e. The summed E-state index contributed by atoms with van der Waals surface area (Å²) < 4.78 is 17.1. The molecule has 5 rings (SSSR count). The van der Waals surface area contributed by atoms with Gasteiger partial charge in [-0.1, -0.05) is 36.4 Å². The second-order valence-corrected chi connectivity index (χ2v) is 6.75. The number of furan rings is 1. The molecule has 4 aromatic rings. The Morgan fingerprint density at radius 3 is 2.59 bits per heavy atom. The van der Waals surface area contributed by atoms with Crippen molar-refractivity contribution < 1.29 is 18.7 Å². The van der Waals surface area contributed by atoms with Crippen molar-refractivity contribution >= 4 is 16.9 Å². The fourth-order valence-electron chi connectivity index (χ4n) is 3.45. The minimum absolute atomic E-state index is 0.104. The molecule has 6 heteroatoms. The van der Waals surface area contributed by atoms with E-state index in [9.17, 15) is 4.79 Å². The molecule has 1 amide bonds. The first-order valence-corrected chi connectivity index (χ1v) is 9.35. The van der Waals surface area contributed by atoms with Crippen molar-refractivity contribution in [2.45, 2.75) is 13.0 Å². The molecule has 2 aromatic heterocycles. The Labute approximate surface area is 167 Å². The summed E-state index contributed by atoms with van der Waals surface area (Å²) >= 11 is 0. The van der Waals surface area contributed by atoms with Crippen molar-refractivity contribution in [3.05, 3.63) is 78.1 Å². The standard InChI is InChI=1S/C23H18N2O4/c26-22(25-13-16-8-4-5-9-24-16)11-18-17-10-20-21(28-14-27-20)12-19(17)29-23(18)15-6-2-1-3-7-15/h1-10,12H,11,13-14H2,(H,25,26). The Bertz CT molecular complexity index is 1170. The summed E-state index contributed by atoms with van der Waals surface area (Å²) in [4.78, 5) is 16.9. The van der Waals surface area contributed by atoms with E-state index in [0.29, 0.717) is 29.4 Å². The summed E-state index contributed by atoms with van der Waals surface area (Å²) in [5.74, 6) is 1.88. The van der Waals surface area contributed by atoms with Gasteiger partial charge in [0.2, 0.25) is 12.7 Å². The number of nitrogens with one attached hydrogen (secondary N) is 1. The minimum atomic E-state index is -0.104. The van der Waals surface area contributed by atoms with Crippen molar-refractivity contribution in [3.8, 4) is 22.8 Å². The average Bonchev–Trinajstić information content (AvgIpc) is 3.36. The zero-order chi connectivity index (χ0) is 19.6. The van der Waals surface area contributed by atoms with E-state index in [1.807, 2.05) is 60.7 Å². The lowest BCUT2D eigenvalue weighted by Gasteiger charge is -2.06. The zero-order valence-electron chi connectivity index (χ0n) is 15.6. The van der Waals surface area contributed by atoms with E-state index < -0.39 is 0 Å². The van der Waals surface area contributed by atoms with E-state index in [4.69, 9.17) is 13.9 Å². The molecule has 0 saturated heterocycles. The van der Waals surface area contributed by atoms with E-state index in [-0.39, 0.29) is 19.1 Å². The number of hydrogen-bond donors (Lipinski definition) is 1. The topological polar surface area (TPSA) is 73.6 Å². The molecule has 0 spiro atoms. The van der Waals surface area contributed by atoms with Crippen LogP contribution in [-0.4, -0.2) is 17.7 Å². The zero-order valence-corrected chi connectivity index (χ0v) is 15.6. The van der Waals surface area contributed by atoms with Gasteiger partial charge in [-0.2, -0.15) is 0 Å². The van der Waals surface area contributed by atoms with Crippen molar-refractivity contribution in [2.75, 3.05) is 6.79 Å². The first kappa shape index (κ1) is 17.3. The van der Waals surface area contributed by atoms with Gasteiger partial charge in [0.05, 0.1) is 18.7 Å². The predicted molar refractivity (Wildman–Crippen MR) is 108 cm³/mol. The molecule has 0 bridgehead atoms. The number of ether oxygens (including phenoxy) is 2. The molecule has 3 heterocycles. The van der Waals surface area contributed by atoms with Gasteiger partial charge in [0.1, 0.15) is 11.3 Å². The van der Waals surface area contributed by atoms with Crippen LogP contribution in [-0.2, 0) is 17.8 Å². The average molecular weight is 386 g/mol. The van der Waals surface area contributed by atoms with Gasteiger partial charge < -0.3 is 19.2 Å². The Kier molecular flexibility index (Phi) is 4.37. The highest BCUT2D eigenvalue weighted by Gasteiger charge is 2.23. The van der Waals surface area contributed by atoms with E-state index in [0.717, 1.165) is 22.2 Å². The largest absolute Gasteiger partial charge is 0.456 e. The second kappa shape index (κ2) is 7.31. The van der Waals surface area contributed by atoms with Gasteiger partial charge in [0.25, 0.3) is 0 Å². The van der Waals surface area contributed by atoms with Gasteiger partial charge >= 0.3 is 0 Å². The Morgan fingerprint density at radius 1 is 1.00 bits per heavy atom. The van der Waals surface area contributed by atoms with E-state index in [2.05, 4.69) is 10.3 Å². The smallest absolute Gasteiger partial charge is 0.231 e. The summed E-state index contributed by atoms with van der Waals surface area (Å²) in [7, 11) is 0. The van der Waals surface area contributed by atoms with Crippen LogP contribution in [0.15, 0.2) is 71.3 Å². The highest BCUT2D eigenvalue weighted by atomic mass is 16.7. The maximum absolute atomic E-state index is 12.7. The number of carbonyl (C=O) groups is 1. The van der Waals surface area contributed by atoms with E-state index in [1.165, 1.54) is 0 Å². The third kappa shape index (κ3) is 3.40. The van der Waals surface area contributed by atoms with Gasteiger partial charge in [-0.3, -0.25) is 9.78 Å². The summed E-state index contributed by atoms with van der Waals surface area (Å²) in [6, 6.07) is 19.1. The second-order valence-electron chi connectivity index (χ2n) is 6.75. The normalized spacial score (nSPS) is 12.3. The minimum Gasteiger partial charge on any atom is -0.456 e. The molecule has 1 N–H and O–H groups in total. The number of fused-ring (bicyclic) bond motifs is 2. The van der Waals surface area contributed by atoms with Crippen LogP contribution in [0, 0.1) is 0 Å². The summed E-state index contributed by atoms with van der Waals surface area (Å²) in [5.41, 5.74) is 3.21. The van der Waals surface area contributed by atoms with Gasteiger partial charge in [0.15, 0.2) is 11.5 Å². The molecule has 0 unspecified atom stereocenters. The molecular weight excluding hydrogens is 368 g/mol. The number of benzene rings is 2. The van der Waals surface area contributed by atoms with Crippen molar-refractivity contribution in [1.82, 2.24) is 10.3 Å². The third-order valence-corrected chi connectivity index (χ3v) is 4.85. The first-order chi connectivity index (χ1) is 14.3. The van der Waals surface area contributed by atoms with Crippen molar-refractivity contribution in [3.63, 3.8) is 0 Å². The molecule has 0 radical (unpaired) electrons. The number of rotatable bonds is 5. The van der Waals surface area contributed by atoms with Crippen LogP contribution in [0.5, 0.6) is 11.5 Å². The van der Waals surface area contributed by atoms with Crippen LogP contribution in [0.4, 0.5) is 0 Å². The molecule has 144 valence electrons. The lowest BCUT2D eigenvalue weighted by atomic mass is 10.0. The molecule has 1 aliphatic rings. The van der Waals surface area contributed by atoms with E-state index >= 15 is 0 Å². The lowest BCUT2D eigenvalue weighted by Crippen LogP contribution is -2.25. The Hall–Kier alpha value is -3.80. The molecule has 2 aromatic carbocycles. The van der Waals surface area contributed by atoms with Crippen LogP contribution >= 0.6 is 0 Å². The predicted octanol–water partition coefficient (Wildman–Crippen LogP) is 4.08. The number of carbonyl (C=O) groups excluding carboxylic acids is 1. The SMILES string of the molecule is O=C(Cc1c(-c2ccccc2)oc2cc3c(cc12)OCO3)NCc1ccccn1. The van der Waals surface area contributed by atoms with Gasteiger partial charge in [-0.05, 0) is 18.2 Å². The van der Waals surface area contributed by atoms with Crippen molar-refractivity contribution in [1.29, 1.82) is 0 Å². The molecule has 0 saturated carbocycles. The molecule has 1 aliphatic heterocycles. The molecular formula is C23H18N2O4. The maximum atomic E-state index is 12.7. The molecule has 29 heavy (non-hydrogen) atoms. The number of amides is 1. The highest BCUT2D eigenvalue weighted by Crippen LogP contribution is 2.41. The van der Waals surface area contributed by atoms with Gasteiger partial charge in [0, 0.05) is 28.8 Å². The van der Waals surface area contributed by atoms with Crippen LogP contribution < -0.4 is 14.8 Å². The van der Waals surface area contributed by atoms with Crippen molar-refractivity contribution in [2.24, 2.45) is 0 Å². The van der Waals surface area contributed by atoms with Crippen LogP contribution in [0.3, 0.4) is 0 Å². The number of hydrogen-bond acceptors (Lipinski definition) is 5. The number of pyridine rings is 1. The highest BCUT2D eigenvalue weighted by molar-refractivity contribution is 5.94. The van der Waals surface area contributed by atoms with Crippen LogP contribution in [0.25, 0.3) is 22.3 Å². The Balaban J connectivity index is 1.49. The first-order valence-electron chi connectivity index (χ1n) is 9.35. The molecule has 0 atom stereocenters.